The third-order valence-electron chi connectivity index (χ3n) is 4.28. The minimum Gasteiger partial charge on any atom is -0.490 e. The van der Waals surface area contributed by atoms with Crippen molar-refractivity contribution < 1.29 is 19.0 Å². The Morgan fingerprint density at radius 2 is 1.85 bits per heavy atom. The van der Waals surface area contributed by atoms with E-state index in [0.29, 0.717) is 23.1 Å². The topological polar surface area (TPSA) is 56.8 Å². The number of amides is 1. The second-order valence-electron chi connectivity index (χ2n) is 6.64. The first-order chi connectivity index (χ1) is 13.0. The smallest absolute Gasteiger partial charge is 0.234 e. The number of benzene rings is 2. The summed E-state index contributed by atoms with van der Waals surface area (Å²) in [5.41, 5.74) is 0.782. The van der Waals surface area contributed by atoms with Gasteiger partial charge in [0.2, 0.25) is 5.91 Å². The summed E-state index contributed by atoms with van der Waals surface area (Å²) in [5, 5.41) is 3.56. The molecule has 1 aliphatic rings. The normalized spacial score (nSPS) is 22.1. The molecule has 2 aromatic carbocycles. The zero-order valence-electron chi connectivity index (χ0n) is 15.1. The van der Waals surface area contributed by atoms with Crippen LogP contribution >= 0.6 is 11.6 Å². The lowest BCUT2D eigenvalue weighted by atomic mass is 9.90. The largest absolute Gasteiger partial charge is 0.490 e. The van der Waals surface area contributed by atoms with E-state index in [-0.39, 0.29) is 19.1 Å². The third-order valence-corrected chi connectivity index (χ3v) is 4.53. The summed E-state index contributed by atoms with van der Waals surface area (Å²) in [7, 11) is 0. The second-order valence-corrected chi connectivity index (χ2v) is 7.08. The molecule has 1 aliphatic heterocycles. The molecule has 1 amide bonds. The average Bonchev–Trinajstić information content (AvgIpc) is 2.69. The zero-order valence-corrected chi connectivity index (χ0v) is 15.9. The molecule has 1 saturated heterocycles. The molecule has 2 aromatic rings. The van der Waals surface area contributed by atoms with Crippen LogP contribution in [-0.4, -0.2) is 25.7 Å². The van der Waals surface area contributed by atoms with Gasteiger partial charge in [-0.15, -0.1) is 0 Å². The van der Waals surface area contributed by atoms with E-state index in [0.717, 1.165) is 5.56 Å². The molecule has 142 valence electrons. The average molecular weight is 388 g/mol. The summed E-state index contributed by atoms with van der Waals surface area (Å²) in [6.07, 6.45) is 1.18. The van der Waals surface area contributed by atoms with Gasteiger partial charge in [-0.1, -0.05) is 36.4 Å². The fraction of sp³-hybridized carbons (Fsp3) is 0.286. The lowest BCUT2D eigenvalue weighted by molar-refractivity contribution is -0.226. The molecular weight excluding hydrogens is 366 g/mol. The van der Waals surface area contributed by atoms with E-state index >= 15 is 0 Å². The number of rotatable bonds is 6. The predicted molar refractivity (Wildman–Crippen MR) is 105 cm³/mol. The first kappa shape index (κ1) is 19.4. The van der Waals surface area contributed by atoms with E-state index in [9.17, 15) is 4.79 Å². The van der Waals surface area contributed by atoms with Crippen LogP contribution < -0.4 is 10.1 Å². The Morgan fingerprint density at radius 3 is 2.44 bits per heavy atom. The highest BCUT2D eigenvalue weighted by molar-refractivity contribution is 6.30. The summed E-state index contributed by atoms with van der Waals surface area (Å²) in [5.74, 6) is 0.561. The van der Waals surface area contributed by atoms with Gasteiger partial charge >= 0.3 is 0 Å². The van der Waals surface area contributed by atoms with Gasteiger partial charge in [0.05, 0.1) is 18.6 Å². The van der Waals surface area contributed by atoms with Crippen molar-refractivity contribution in [2.24, 2.45) is 5.41 Å². The quantitative estimate of drug-likeness (QED) is 0.736. The summed E-state index contributed by atoms with van der Waals surface area (Å²) in [4.78, 5) is 12.7. The lowest BCUT2D eigenvalue weighted by Crippen LogP contribution is -2.45. The van der Waals surface area contributed by atoms with Crippen LogP contribution in [0.5, 0.6) is 5.75 Å². The van der Waals surface area contributed by atoms with Crippen LogP contribution in [0.2, 0.25) is 5.02 Å². The molecule has 3 rings (SSSR count). The Labute approximate surface area is 163 Å². The zero-order chi connectivity index (χ0) is 19.3. The Kier molecular flexibility index (Phi) is 6.16. The van der Waals surface area contributed by atoms with Crippen molar-refractivity contribution in [3.63, 3.8) is 0 Å². The maximum Gasteiger partial charge on any atom is 0.234 e. The molecule has 0 radical (unpaired) electrons. The van der Waals surface area contributed by atoms with Crippen LogP contribution in [0.4, 0.5) is 5.69 Å². The number of anilines is 1. The molecule has 0 unspecified atom stereocenters. The summed E-state index contributed by atoms with van der Waals surface area (Å²) in [6, 6.07) is 14.5. The van der Waals surface area contributed by atoms with Crippen LogP contribution in [-0.2, 0) is 14.3 Å². The van der Waals surface area contributed by atoms with E-state index in [1.165, 1.54) is 0 Å². The fourth-order valence-electron chi connectivity index (χ4n) is 2.62. The van der Waals surface area contributed by atoms with Gasteiger partial charge in [0.25, 0.3) is 0 Å². The van der Waals surface area contributed by atoms with Gasteiger partial charge in [-0.25, -0.2) is 0 Å². The first-order valence-corrected chi connectivity index (χ1v) is 9.02. The molecular formula is C21H22ClNO4. The molecule has 6 heteroatoms. The van der Waals surface area contributed by atoms with Gasteiger partial charge in [0, 0.05) is 16.3 Å². The number of halogens is 1. The van der Waals surface area contributed by atoms with Crippen molar-refractivity contribution in [3.05, 3.63) is 71.8 Å². The van der Waals surface area contributed by atoms with Crippen LogP contribution in [0.3, 0.4) is 0 Å². The summed E-state index contributed by atoms with van der Waals surface area (Å²) < 4.78 is 17.0. The fourth-order valence-corrected chi connectivity index (χ4v) is 2.75. The maximum atomic E-state index is 12.7. The lowest BCUT2D eigenvalue weighted by Gasteiger charge is -2.36. The van der Waals surface area contributed by atoms with Gasteiger partial charge in [0.15, 0.2) is 6.29 Å². The van der Waals surface area contributed by atoms with Crippen molar-refractivity contribution >= 4 is 23.2 Å². The summed E-state index contributed by atoms with van der Waals surface area (Å²) in [6.45, 7) is 6.38. The van der Waals surface area contributed by atoms with Crippen molar-refractivity contribution in [2.75, 3.05) is 25.1 Å². The minimum atomic E-state index is -0.777. The molecule has 1 N–H and O–H groups in total. The molecule has 0 aromatic heterocycles. The van der Waals surface area contributed by atoms with E-state index in [4.69, 9.17) is 25.8 Å². The highest BCUT2D eigenvalue weighted by Gasteiger charge is 2.39. The molecule has 1 fully saturated rings. The number of hydrogen-bond acceptors (Lipinski definition) is 4. The van der Waals surface area contributed by atoms with E-state index in [1.807, 2.05) is 19.1 Å². The monoisotopic (exact) mass is 387 g/mol. The summed E-state index contributed by atoms with van der Waals surface area (Å²) >= 11 is 5.90. The van der Waals surface area contributed by atoms with Crippen molar-refractivity contribution in [1.29, 1.82) is 0 Å². The molecule has 1 heterocycles. The molecule has 0 atom stereocenters. The van der Waals surface area contributed by atoms with E-state index in [2.05, 4.69) is 11.9 Å². The van der Waals surface area contributed by atoms with Crippen molar-refractivity contribution in [2.45, 2.75) is 13.2 Å². The van der Waals surface area contributed by atoms with Gasteiger partial charge in [-0.05, 0) is 43.3 Å². The standard InChI is InChI=1S/C21H22ClNO4/c1-3-12-25-18-10-8-17(9-11-18)23-20(24)21(2)13-26-19(27-14-21)15-4-6-16(22)7-5-15/h3-11,19H,1,12-14H2,2H3,(H,23,24). The highest BCUT2D eigenvalue weighted by Crippen LogP contribution is 2.33. The maximum absolute atomic E-state index is 12.7. The van der Waals surface area contributed by atoms with E-state index < -0.39 is 11.7 Å². The SMILES string of the molecule is C=CCOc1ccc(NC(=O)C2(C)COC(c3ccc(Cl)cc3)OC2)cc1. The second kappa shape index (κ2) is 8.57. The molecule has 0 saturated carbocycles. The minimum absolute atomic E-state index is 0.156. The van der Waals surface area contributed by atoms with Crippen LogP contribution in [0, 0.1) is 5.41 Å². The van der Waals surface area contributed by atoms with Crippen molar-refractivity contribution in [3.8, 4) is 5.75 Å². The number of nitrogens with one attached hydrogen (secondary N) is 1. The Morgan fingerprint density at radius 1 is 1.22 bits per heavy atom. The molecule has 27 heavy (non-hydrogen) atoms. The Balaban J connectivity index is 1.57. The number of ether oxygens (including phenoxy) is 3. The number of carbonyl (C=O) groups excluding carboxylic acids is 1. The van der Waals surface area contributed by atoms with Crippen LogP contribution in [0.15, 0.2) is 61.2 Å². The van der Waals surface area contributed by atoms with Crippen LogP contribution in [0.25, 0.3) is 0 Å². The van der Waals surface area contributed by atoms with Crippen molar-refractivity contribution in [1.82, 2.24) is 0 Å². The third kappa shape index (κ3) is 4.89. The number of carbonyl (C=O) groups is 1. The predicted octanol–water partition coefficient (Wildman–Crippen LogP) is 4.60. The Hall–Kier alpha value is -2.34. The van der Waals surface area contributed by atoms with Gasteiger partial charge in [-0.3, -0.25) is 4.79 Å². The highest BCUT2D eigenvalue weighted by atomic mass is 35.5. The number of hydrogen-bond donors (Lipinski definition) is 1. The molecule has 0 bridgehead atoms. The molecule has 5 nitrogen and oxygen atoms in total. The van der Waals surface area contributed by atoms with Gasteiger partial charge < -0.3 is 19.5 Å². The van der Waals surface area contributed by atoms with Crippen LogP contribution in [0.1, 0.15) is 18.8 Å². The molecule has 0 aliphatic carbocycles. The first-order valence-electron chi connectivity index (χ1n) is 8.64. The van der Waals surface area contributed by atoms with E-state index in [1.54, 1.807) is 42.5 Å². The van der Waals surface area contributed by atoms with Gasteiger partial charge in [-0.2, -0.15) is 0 Å². The van der Waals surface area contributed by atoms with Gasteiger partial charge in [0.1, 0.15) is 12.4 Å². The Bertz CT molecular complexity index is 781. The molecule has 0 spiro atoms.